The van der Waals surface area contributed by atoms with Gasteiger partial charge in [0.25, 0.3) is 0 Å². The van der Waals surface area contributed by atoms with E-state index in [4.69, 9.17) is 0 Å². The van der Waals surface area contributed by atoms with Crippen molar-refractivity contribution in [2.45, 2.75) is 0 Å². The molecule has 1 heterocycles. The number of aromatic nitrogens is 1. The molecule has 0 aliphatic carbocycles. The van der Waals surface area contributed by atoms with Gasteiger partial charge in [0.05, 0.1) is 17.5 Å². The molecule has 0 fully saturated rings. The van der Waals surface area contributed by atoms with Crippen molar-refractivity contribution < 1.29 is 13.2 Å². The highest BCUT2D eigenvalue weighted by Gasteiger charge is 2.12. The molecule has 0 amide bonds. The SMILES string of the molecule is CN=c1scc(-c2ccccc2F)n1/N=C\c1c(F)cccc1F. The average molecular weight is 347 g/mol. The first-order chi connectivity index (χ1) is 11.6. The molecule has 0 radical (unpaired) electrons. The Labute approximate surface area is 140 Å². The zero-order valence-electron chi connectivity index (χ0n) is 12.6. The number of hydrogen-bond donors (Lipinski definition) is 0. The number of benzene rings is 2. The smallest absolute Gasteiger partial charge is 0.205 e. The van der Waals surface area contributed by atoms with Gasteiger partial charge >= 0.3 is 0 Å². The number of thiazole rings is 1. The normalized spacial score (nSPS) is 12.2. The van der Waals surface area contributed by atoms with E-state index in [1.165, 1.54) is 28.1 Å². The molecule has 0 unspecified atom stereocenters. The Bertz CT molecular complexity index is 953. The molecule has 3 nitrogen and oxygen atoms in total. The molecule has 7 heteroatoms. The molecule has 0 aliphatic rings. The van der Waals surface area contributed by atoms with Crippen molar-refractivity contribution in [3.05, 3.63) is 75.7 Å². The summed E-state index contributed by atoms with van der Waals surface area (Å²) in [5.74, 6) is -1.87. The maximum atomic E-state index is 14.0. The van der Waals surface area contributed by atoms with Gasteiger partial charge in [-0.15, -0.1) is 11.3 Å². The minimum atomic E-state index is -0.725. The predicted octanol–water partition coefficient (Wildman–Crippen LogP) is 4.05. The zero-order valence-corrected chi connectivity index (χ0v) is 13.4. The summed E-state index contributed by atoms with van der Waals surface area (Å²) in [7, 11) is 1.56. The van der Waals surface area contributed by atoms with Crippen LogP contribution in [-0.4, -0.2) is 17.9 Å². The van der Waals surface area contributed by atoms with Gasteiger partial charge in [-0.2, -0.15) is 5.10 Å². The molecule has 24 heavy (non-hydrogen) atoms. The fourth-order valence-corrected chi connectivity index (χ4v) is 2.96. The Morgan fingerprint density at radius 2 is 1.62 bits per heavy atom. The van der Waals surface area contributed by atoms with Crippen LogP contribution in [0.5, 0.6) is 0 Å². The van der Waals surface area contributed by atoms with Crippen LogP contribution in [0.25, 0.3) is 11.3 Å². The largest absolute Gasteiger partial charge is 0.261 e. The van der Waals surface area contributed by atoms with Crippen LogP contribution in [0.4, 0.5) is 13.2 Å². The molecule has 0 bridgehead atoms. The summed E-state index contributed by atoms with van der Waals surface area (Å²) >= 11 is 1.25. The van der Waals surface area contributed by atoms with Gasteiger partial charge in [-0.25, -0.2) is 17.8 Å². The lowest BCUT2D eigenvalue weighted by Gasteiger charge is -2.05. The first kappa shape index (κ1) is 16.2. The maximum absolute atomic E-state index is 14.0. The lowest BCUT2D eigenvalue weighted by atomic mass is 10.1. The van der Waals surface area contributed by atoms with Gasteiger partial charge in [0.15, 0.2) is 0 Å². The Morgan fingerprint density at radius 1 is 0.958 bits per heavy atom. The highest BCUT2D eigenvalue weighted by Crippen LogP contribution is 2.23. The van der Waals surface area contributed by atoms with Crippen LogP contribution in [0.2, 0.25) is 0 Å². The van der Waals surface area contributed by atoms with E-state index in [1.54, 1.807) is 30.6 Å². The highest BCUT2D eigenvalue weighted by molar-refractivity contribution is 7.07. The second-order valence-corrected chi connectivity index (χ2v) is 5.64. The quantitative estimate of drug-likeness (QED) is 0.640. The van der Waals surface area contributed by atoms with Crippen molar-refractivity contribution in [2.24, 2.45) is 10.1 Å². The summed E-state index contributed by atoms with van der Waals surface area (Å²) < 4.78 is 42.9. The second kappa shape index (κ2) is 6.84. The highest BCUT2D eigenvalue weighted by atomic mass is 32.1. The molecule has 3 rings (SSSR count). The standard InChI is InChI=1S/C17H12F3N3S/c1-21-17-23(22-9-12-14(19)7-4-8-15(12)20)16(10-24-17)11-5-2-3-6-13(11)18/h2-10H,1H3/b21-17?,22-9-. The third-order valence-electron chi connectivity index (χ3n) is 3.33. The molecule has 0 saturated heterocycles. The fraction of sp³-hybridized carbons (Fsp3) is 0.0588. The lowest BCUT2D eigenvalue weighted by Crippen LogP contribution is -2.12. The van der Waals surface area contributed by atoms with E-state index in [0.717, 1.165) is 18.3 Å². The summed E-state index contributed by atoms with van der Waals surface area (Å²) in [6.45, 7) is 0. The topological polar surface area (TPSA) is 29.6 Å². The molecule has 3 aromatic rings. The summed E-state index contributed by atoms with van der Waals surface area (Å²) in [4.78, 5) is 4.53. The van der Waals surface area contributed by atoms with Gasteiger partial charge in [0.2, 0.25) is 4.80 Å². The lowest BCUT2D eigenvalue weighted by molar-refractivity contribution is 0.579. The van der Waals surface area contributed by atoms with Crippen LogP contribution >= 0.6 is 11.3 Å². The minimum absolute atomic E-state index is 0.266. The van der Waals surface area contributed by atoms with Crippen molar-refractivity contribution in [1.82, 2.24) is 4.68 Å². The summed E-state index contributed by atoms with van der Waals surface area (Å²) in [6.07, 6.45) is 1.07. The van der Waals surface area contributed by atoms with Crippen molar-refractivity contribution in [2.75, 3.05) is 7.05 Å². The molecule has 0 N–H and O–H groups in total. The summed E-state index contributed by atoms with van der Waals surface area (Å²) in [5.41, 5.74) is 0.513. The molecule has 0 spiro atoms. The predicted molar refractivity (Wildman–Crippen MR) is 88.5 cm³/mol. The second-order valence-electron chi connectivity index (χ2n) is 4.80. The van der Waals surface area contributed by atoms with Crippen LogP contribution in [0.15, 0.2) is 57.9 Å². The maximum Gasteiger partial charge on any atom is 0.205 e. The minimum Gasteiger partial charge on any atom is -0.261 e. The molecule has 0 atom stereocenters. The van der Waals surface area contributed by atoms with Crippen molar-refractivity contribution in [3.63, 3.8) is 0 Å². The molecular formula is C17H12F3N3S. The Morgan fingerprint density at radius 3 is 2.29 bits per heavy atom. The van der Waals surface area contributed by atoms with Gasteiger partial charge in [0.1, 0.15) is 17.5 Å². The van der Waals surface area contributed by atoms with E-state index in [9.17, 15) is 13.2 Å². The Balaban J connectivity index is 2.14. The van der Waals surface area contributed by atoms with Gasteiger partial charge in [-0.3, -0.25) is 4.99 Å². The van der Waals surface area contributed by atoms with E-state index in [2.05, 4.69) is 10.1 Å². The molecule has 0 aliphatic heterocycles. The van der Waals surface area contributed by atoms with Crippen molar-refractivity contribution in [1.29, 1.82) is 0 Å². The monoisotopic (exact) mass is 347 g/mol. The van der Waals surface area contributed by atoms with Gasteiger partial charge in [-0.05, 0) is 24.3 Å². The van der Waals surface area contributed by atoms with E-state index in [-0.39, 0.29) is 5.56 Å². The van der Waals surface area contributed by atoms with Gasteiger partial charge in [-0.1, -0.05) is 18.2 Å². The van der Waals surface area contributed by atoms with E-state index in [1.807, 2.05) is 0 Å². The van der Waals surface area contributed by atoms with Crippen LogP contribution in [0.1, 0.15) is 5.56 Å². The number of rotatable bonds is 3. The first-order valence-corrected chi connectivity index (χ1v) is 7.86. The van der Waals surface area contributed by atoms with E-state index in [0.29, 0.717) is 16.1 Å². The third-order valence-corrected chi connectivity index (χ3v) is 4.24. The average Bonchev–Trinajstić information content (AvgIpc) is 2.97. The van der Waals surface area contributed by atoms with Gasteiger partial charge in [0, 0.05) is 18.0 Å². The fourth-order valence-electron chi connectivity index (χ4n) is 2.17. The van der Waals surface area contributed by atoms with Crippen molar-refractivity contribution >= 4 is 17.6 Å². The van der Waals surface area contributed by atoms with Crippen LogP contribution in [0, 0.1) is 17.5 Å². The molecule has 0 saturated carbocycles. The zero-order chi connectivity index (χ0) is 17.1. The van der Waals surface area contributed by atoms with E-state index >= 15 is 0 Å². The van der Waals surface area contributed by atoms with E-state index < -0.39 is 17.5 Å². The number of hydrogen-bond acceptors (Lipinski definition) is 3. The van der Waals surface area contributed by atoms with Crippen LogP contribution in [0.3, 0.4) is 0 Å². The summed E-state index contributed by atoms with van der Waals surface area (Å²) in [6, 6.07) is 9.78. The Kier molecular flexibility index (Phi) is 4.61. The van der Waals surface area contributed by atoms with Crippen molar-refractivity contribution in [3.8, 4) is 11.3 Å². The van der Waals surface area contributed by atoms with Crippen LogP contribution in [-0.2, 0) is 0 Å². The summed E-state index contributed by atoms with van der Waals surface area (Å²) in [5, 5.41) is 5.80. The molecule has 122 valence electrons. The molecule has 2 aromatic carbocycles. The number of nitrogens with zero attached hydrogens (tertiary/aromatic N) is 3. The van der Waals surface area contributed by atoms with Gasteiger partial charge < -0.3 is 0 Å². The third kappa shape index (κ3) is 3.03. The molecular weight excluding hydrogens is 335 g/mol. The van der Waals surface area contributed by atoms with Crippen LogP contribution < -0.4 is 4.80 Å². The molecule has 1 aromatic heterocycles. The Hall–Kier alpha value is -2.67. The number of halogens is 3. The first-order valence-electron chi connectivity index (χ1n) is 6.98.